The molecule has 1 aromatic carbocycles. The summed E-state index contributed by atoms with van der Waals surface area (Å²) in [6, 6.07) is 6.91. The van der Waals surface area contributed by atoms with Gasteiger partial charge in [0.2, 0.25) is 0 Å². The molecule has 0 nitrogen and oxygen atoms in total. The van der Waals surface area contributed by atoms with Gasteiger partial charge in [0.25, 0.3) is 0 Å². The van der Waals surface area contributed by atoms with Crippen LogP contribution in [0.1, 0.15) is 48.3 Å². The third kappa shape index (κ3) is 1.88. The Hall–Kier alpha value is -0.490. The Morgan fingerprint density at radius 2 is 1.94 bits per heavy atom. The minimum Gasteiger partial charge on any atom is -0.118 e. The third-order valence-electron chi connectivity index (χ3n) is 4.27. The zero-order valence-electron chi connectivity index (χ0n) is 9.88. The number of alkyl halides is 1. The molecule has 2 unspecified atom stereocenters. The number of benzene rings is 1. The fraction of sp³-hybridized carbons (Fsp3) is 0.600. The Balaban J connectivity index is 1.82. The quantitative estimate of drug-likeness (QED) is 0.676. The molecule has 0 N–H and O–H groups in total. The van der Waals surface area contributed by atoms with Crippen molar-refractivity contribution in [3.8, 4) is 0 Å². The lowest BCUT2D eigenvalue weighted by Gasteiger charge is -2.18. The van der Waals surface area contributed by atoms with Gasteiger partial charge in [-0.15, -0.1) is 11.6 Å². The molecular formula is C15H19Cl. The summed E-state index contributed by atoms with van der Waals surface area (Å²) in [5.74, 6) is 1.52. The van der Waals surface area contributed by atoms with E-state index in [1.165, 1.54) is 37.7 Å². The van der Waals surface area contributed by atoms with Gasteiger partial charge in [0, 0.05) is 0 Å². The van der Waals surface area contributed by atoms with Crippen LogP contribution in [0.5, 0.6) is 0 Å². The topological polar surface area (TPSA) is 0 Å². The van der Waals surface area contributed by atoms with Crippen LogP contribution in [0.2, 0.25) is 0 Å². The summed E-state index contributed by atoms with van der Waals surface area (Å²) < 4.78 is 0. The highest BCUT2D eigenvalue weighted by atomic mass is 35.5. The van der Waals surface area contributed by atoms with Crippen LogP contribution in [0.3, 0.4) is 0 Å². The molecule has 0 aliphatic heterocycles. The van der Waals surface area contributed by atoms with Gasteiger partial charge in [-0.1, -0.05) is 25.1 Å². The molecule has 0 radical (unpaired) electrons. The van der Waals surface area contributed by atoms with Gasteiger partial charge in [-0.25, -0.2) is 0 Å². The average Bonchev–Trinajstić information content (AvgIpc) is 3.05. The summed E-state index contributed by atoms with van der Waals surface area (Å²) in [4.78, 5) is 0. The first-order valence-corrected chi connectivity index (χ1v) is 6.95. The molecule has 1 heteroatoms. The predicted octanol–water partition coefficient (Wildman–Crippen LogP) is 4.50. The molecule has 0 heterocycles. The van der Waals surface area contributed by atoms with Gasteiger partial charge in [-0.3, -0.25) is 0 Å². The molecular weight excluding hydrogens is 216 g/mol. The lowest BCUT2D eigenvalue weighted by molar-refractivity contribution is 0.491. The van der Waals surface area contributed by atoms with E-state index in [1.807, 2.05) is 0 Å². The molecule has 2 aliphatic rings. The van der Waals surface area contributed by atoms with Gasteiger partial charge in [0.05, 0.1) is 5.38 Å². The standard InChI is InChI=1S/C15H19Cl/c1-10(11-5-6-11)15(16)14-8-7-12-3-2-4-13(12)9-14/h7-11,15H,2-6H2,1H3. The van der Waals surface area contributed by atoms with Crippen molar-refractivity contribution in [1.82, 2.24) is 0 Å². The smallest absolute Gasteiger partial charge is 0.0613 e. The molecule has 86 valence electrons. The molecule has 3 rings (SSSR count). The average molecular weight is 235 g/mol. The van der Waals surface area contributed by atoms with Gasteiger partial charge in [0.1, 0.15) is 0 Å². The van der Waals surface area contributed by atoms with Crippen LogP contribution < -0.4 is 0 Å². The van der Waals surface area contributed by atoms with Crippen molar-refractivity contribution in [3.05, 3.63) is 34.9 Å². The first-order valence-electron chi connectivity index (χ1n) is 6.51. The monoisotopic (exact) mass is 234 g/mol. The molecule has 1 saturated carbocycles. The molecule has 2 atom stereocenters. The summed E-state index contributed by atoms with van der Waals surface area (Å²) in [6.45, 7) is 2.31. The van der Waals surface area contributed by atoms with Gasteiger partial charge in [0.15, 0.2) is 0 Å². The largest absolute Gasteiger partial charge is 0.118 e. The first kappa shape index (κ1) is 10.7. The second kappa shape index (κ2) is 4.07. The van der Waals surface area contributed by atoms with Crippen LogP contribution >= 0.6 is 11.6 Å². The lowest BCUT2D eigenvalue weighted by atomic mass is 9.94. The van der Waals surface area contributed by atoms with Crippen molar-refractivity contribution in [3.63, 3.8) is 0 Å². The van der Waals surface area contributed by atoms with Crippen molar-refractivity contribution in [1.29, 1.82) is 0 Å². The van der Waals surface area contributed by atoms with E-state index in [1.54, 1.807) is 11.1 Å². The van der Waals surface area contributed by atoms with E-state index >= 15 is 0 Å². The Morgan fingerprint density at radius 1 is 1.19 bits per heavy atom. The fourth-order valence-corrected chi connectivity index (χ4v) is 3.27. The van der Waals surface area contributed by atoms with Crippen molar-refractivity contribution in [2.75, 3.05) is 0 Å². The fourth-order valence-electron chi connectivity index (χ4n) is 2.93. The molecule has 0 aromatic heterocycles. The highest BCUT2D eigenvalue weighted by Crippen LogP contribution is 2.45. The van der Waals surface area contributed by atoms with E-state index in [9.17, 15) is 0 Å². The molecule has 0 amide bonds. The van der Waals surface area contributed by atoms with E-state index in [-0.39, 0.29) is 5.38 Å². The maximum absolute atomic E-state index is 6.59. The molecule has 2 aliphatic carbocycles. The second-order valence-corrected chi connectivity index (χ2v) is 5.95. The number of halogens is 1. The Morgan fingerprint density at radius 3 is 2.69 bits per heavy atom. The van der Waals surface area contributed by atoms with Crippen molar-refractivity contribution in [2.45, 2.75) is 44.4 Å². The Kier molecular flexibility index (Phi) is 2.71. The van der Waals surface area contributed by atoms with Crippen LogP contribution in [0.4, 0.5) is 0 Å². The van der Waals surface area contributed by atoms with Crippen LogP contribution in [0.25, 0.3) is 0 Å². The summed E-state index contributed by atoms with van der Waals surface area (Å²) in [6.07, 6.45) is 6.61. The Bertz CT molecular complexity index is 392. The zero-order chi connectivity index (χ0) is 11.1. The summed E-state index contributed by atoms with van der Waals surface area (Å²) in [7, 11) is 0. The first-order chi connectivity index (χ1) is 7.75. The minimum atomic E-state index is 0.221. The van der Waals surface area contributed by atoms with Crippen molar-refractivity contribution >= 4 is 11.6 Å². The maximum Gasteiger partial charge on any atom is 0.0613 e. The number of aryl methyl sites for hydroxylation is 2. The van der Waals surface area contributed by atoms with E-state index in [2.05, 4.69) is 25.1 Å². The normalized spacial score (nSPS) is 22.9. The number of rotatable bonds is 3. The molecule has 0 saturated heterocycles. The van der Waals surface area contributed by atoms with Crippen LogP contribution in [0, 0.1) is 11.8 Å². The van der Waals surface area contributed by atoms with Crippen molar-refractivity contribution < 1.29 is 0 Å². The van der Waals surface area contributed by atoms with Crippen LogP contribution in [-0.2, 0) is 12.8 Å². The van der Waals surface area contributed by atoms with Crippen LogP contribution in [0.15, 0.2) is 18.2 Å². The molecule has 0 spiro atoms. The van der Waals surface area contributed by atoms with E-state index in [4.69, 9.17) is 11.6 Å². The molecule has 1 aromatic rings. The third-order valence-corrected chi connectivity index (χ3v) is 4.92. The molecule has 0 bridgehead atoms. The molecule has 16 heavy (non-hydrogen) atoms. The van der Waals surface area contributed by atoms with Gasteiger partial charge < -0.3 is 0 Å². The summed E-state index contributed by atoms with van der Waals surface area (Å²) >= 11 is 6.59. The highest BCUT2D eigenvalue weighted by Gasteiger charge is 2.33. The van der Waals surface area contributed by atoms with Gasteiger partial charge in [-0.2, -0.15) is 0 Å². The van der Waals surface area contributed by atoms with Crippen molar-refractivity contribution in [2.24, 2.45) is 11.8 Å². The van der Waals surface area contributed by atoms with E-state index < -0.39 is 0 Å². The second-order valence-electron chi connectivity index (χ2n) is 5.48. The van der Waals surface area contributed by atoms with Gasteiger partial charge >= 0.3 is 0 Å². The molecule has 1 fully saturated rings. The zero-order valence-corrected chi connectivity index (χ0v) is 10.6. The minimum absolute atomic E-state index is 0.221. The number of fused-ring (bicyclic) bond motifs is 1. The van der Waals surface area contributed by atoms with Gasteiger partial charge in [-0.05, 0) is 60.6 Å². The maximum atomic E-state index is 6.59. The number of hydrogen-bond acceptors (Lipinski definition) is 0. The Labute approximate surface area is 103 Å². The predicted molar refractivity (Wildman–Crippen MR) is 68.9 cm³/mol. The number of hydrogen-bond donors (Lipinski definition) is 0. The SMILES string of the molecule is CC(C1CC1)C(Cl)c1ccc2c(c1)CCC2. The summed E-state index contributed by atoms with van der Waals surface area (Å²) in [5.41, 5.74) is 4.44. The lowest BCUT2D eigenvalue weighted by Crippen LogP contribution is -2.06. The van der Waals surface area contributed by atoms with E-state index in [0.29, 0.717) is 5.92 Å². The highest BCUT2D eigenvalue weighted by molar-refractivity contribution is 6.21. The van der Waals surface area contributed by atoms with E-state index in [0.717, 1.165) is 5.92 Å². The summed E-state index contributed by atoms with van der Waals surface area (Å²) in [5, 5.41) is 0.221. The van der Waals surface area contributed by atoms with Crippen LogP contribution in [-0.4, -0.2) is 0 Å².